The van der Waals surface area contributed by atoms with Gasteiger partial charge in [0.25, 0.3) is 11.8 Å². The van der Waals surface area contributed by atoms with E-state index in [2.05, 4.69) is 33.8 Å². The fraction of sp³-hybridized carbons (Fsp3) is 0. The molecule has 6 aromatic carbocycles. The van der Waals surface area contributed by atoms with Crippen LogP contribution in [0.1, 0.15) is 37.0 Å². The fourth-order valence-electron chi connectivity index (χ4n) is 7.26. The van der Waals surface area contributed by atoms with E-state index in [-0.39, 0.29) is 11.8 Å². The zero-order valence-electron chi connectivity index (χ0n) is 31.2. The Bertz CT molecular complexity index is 3060. The minimum Gasteiger partial charge on any atom is -0.341 e. The summed E-state index contributed by atoms with van der Waals surface area (Å²) >= 11 is 3.11. The highest BCUT2D eigenvalue weighted by Gasteiger charge is 2.32. The van der Waals surface area contributed by atoms with E-state index in [9.17, 15) is 9.59 Å². The third-order valence-corrected chi connectivity index (χ3v) is 12.1. The molecule has 3 N–H and O–H groups in total. The summed E-state index contributed by atoms with van der Waals surface area (Å²) < 4.78 is 2.04. The smallest absolute Gasteiger partial charge is 0.256 e. The molecule has 10 heteroatoms. The number of para-hydroxylation sites is 2. The first kappa shape index (κ1) is 35.9. The molecule has 0 saturated heterocycles. The zero-order chi connectivity index (χ0) is 39.7. The van der Waals surface area contributed by atoms with Gasteiger partial charge in [-0.1, -0.05) is 121 Å². The Kier molecular flexibility index (Phi) is 9.38. The van der Waals surface area contributed by atoms with Gasteiger partial charge in [0.2, 0.25) is 0 Å². The lowest BCUT2D eigenvalue weighted by atomic mass is 9.96. The molecule has 0 spiro atoms. The summed E-state index contributed by atoms with van der Waals surface area (Å²) in [5, 5.41) is 7.82. The lowest BCUT2D eigenvalue weighted by molar-refractivity contribution is 0.0976. The van der Waals surface area contributed by atoms with Crippen LogP contribution >= 0.6 is 22.7 Å². The van der Waals surface area contributed by atoms with Gasteiger partial charge in [-0.3, -0.25) is 9.59 Å². The number of aromatic nitrogens is 3. The normalized spacial score (nSPS) is 13.3. The summed E-state index contributed by atoms with van der Waals surface area (Å²) in [5.41, 5.74) is 8.97. The molecule has 9 aromatic rings. The molecular weight excluding hydrogens is 769 g/mol. The Morgan fingerprint density at radius 2 is 1.00 bits per heavy atom. The maximum Gasteiger partial charge on any atom is 0.256 e. The average molecular weight is 801 g/mol. The number of carbonyl (C=O) groups excluding carboxylic acids is 2. The average Bonchev–Trinajstić information content (AvgIpc) is 4.07. The number of carbonyl (C=O) groups is 2. The van der Waals surface area contributed by atoms with Crippen molar-refractivity contribution in [2.75, 3.05) is 5.32 Å². The number of anilines is 1. The summed E-state index contributed by atoms with van der Waals surface area (Å²) in [7, 11) is 0. The van der Waals surface area contributed by atoms with E-state index >= 15 is 0 Å². The number of allylic oxidation sites excluding steroid dienone is 1. The SMILES string of the molecule is O=C(NC1=NC(=Cc2[nH]c(NC(=O)c3ccccc3)c(-c3nc4ccccc4s3)c2-c2ccccc2)C(c2ccccc2)=C1c1nc2ccccc2s1)c1ccccc1. The molecule has 1 aliphatic heterocycles. The van der Waals surface area contributed by atoms with Crippen LogP contribution in [0.3, 0.4) is 0 Å². The summed E-state index contributed by atoms with van der Waals surface area (Å²) in [5.74, 6) is 0.339. The number of aromatic amines is 1. The van der Waals surface area contributed by atoms with E-state index in [0.717, 1.165) is 58.3 Å². The predicted molar refractivity (Wildman–Crippen MR) is 241 cm³/mol. The molecule has 0 fully saturated rings. The van der Waals surface area contributed by atoms with Gasteiger partial charge >= 0.3 is 0 Å². The van der Waals surface area contributed by atoms with Crippen molar-refractivity contribution in [1.82, 2.24) is 20.3 Å². The van der Waals surface area contributed by atoms with Crippen LogP contribution in [0.15, 0.2) is 181 Å². The van der Waals surface area contributed by atoms with Crippen LogP contribution < -0.4 is 10.6 Å². The molecule has 4 heterocycles. The van der Waals surface area contributed by atoms with Crippen molar-refractivity contribution >= 4 is 83.8 Å². The van der Waals surface area contributed by atoms with E-state index in [1.165, 1.54) is 0 Å². The van der Waals surface area contributed by atoms with Gasteiger partial charge < -0.3 is 15.6 Å². The number of benzene rings is 6. The van der Waals surface area contributed by atoms with Crippen LogP contribution in [0.5, 0.6) is 0 Å². The summed E-state index contributed by atoms with van der Waals surface area (Å²) in [4.78, 5) is 46.8. The number of aliphatic imine (C=N–C) groups is 1. The molecule has 282 valence electrons. The number of nitrogens with one attached hydrogen (secondary N) is 3. The second-order valence-electron chi connectivity index (χ2n) is 13.7. The molecule has 0 unspecified atom stereocenters. The number of fused-ring (bicyclic) bond motifs is 2. The molecule has 10 rings (SSSR count). The highest BCUT2D eigenvalue weighted by Crippen LogP contribution is 2.47. The van der Waals surface area contributed by atoms with Gasteiger partial charge in [0.15, 0.2) is 0 Å². The van der Waals surface area contributed by atoms with Crippen molar-refractivity contribution in [2.45, 2.75) is 0 Å². The number of hydrogen-bond acceptors (Lipinski definition) is 7. The van der Waals surface area contributed by atoms with Gasteiger partial charge in [0.05, 0.1) is 43.0 Å². The number of nitrogens with zero attached hydrogens (tertiary/aromatic N) is 3. The van der Waals surface area contributed by atoms with Crippen LogP contribution in [-0.2, 0) is 0 Å². The van der Waals surface area contributed by atoms with Crippen LogP contribution in [0, 0.1) is 0 Å². The van der Waals surface area contributed by atoms with Crippen molar-refractivity contribution in [1.29, 1.82) is 0 Å². The summed E-state index contributed by atoms with van der Waals surface area (Å²) in [6.07, 6.45) is 1.99. The third kappa shape index (κ3) is 6.97. The molecule has 59 heavy (non-hydrogen) atoms. The first-order valence-electron chi connectivity index (χ1n) is 18.9. The van der Waals surface area contributed by atoms with Crippen LogP contribution in [0.25, 0.3) is 59.4 Å². The number of amides is 2. The first-order chi connectivity index (χ1) is 29.1. The van der Waals surface area contributed by atoms with Crippen molar-refractivity contribution in [3.05, 3.63) is 203 Å². The number of rotatable bonds is 8. The lowest BCUT2D eigenvalue weighted by Gasteiger charge is -2.10. The fourth-order valence-corrected chi connectivity index (χ4v) is 9.30. The molecule has 8 nitrogen and oxygen atoms in total. The predicted octanol–water partition coefficient (Wildman–Crippen LogP) is 11.6. The molecular formula is C49H32N6O2S2. The lowest BCUT2D eigenvalue weighted by Crippen LogP contribution is -2.30. The molecule has 0 saturated carbocycles. The topological polar surface area (TPSA) is 112 Å². The van der Waals surface area contributed by atoms with Crippen molar-refractivity contribution in [2.24, 2.45) is 4.99 Å². The van der Waals surface area contributed by atoms with Crippen LogP contribution in [0.2, 0.25) is 0 Å². The van der Waals surface area contributed by atoms with E-state index in [1.54, 1.807) is 46.9 Å². The standard InChI is InChI=1S/C49H32N6O2S2/c56-46(32-21-9-3-10-22-32)54-44-42(48-52-34-25-13-15-27-38(34)58-48)40(30-17-5-1-6-18-30)36(50-44)29-37-41(31-19-7-2-8-20-31)43(49-53-35-26-14-16-28-39(35)59-49)45(51-37)55-47(57)33-23-11-4-12-24-33/h1-29,50H,(H,54,56)(H,51,55,57). The number of amidine groups is 1. The summed E-state index contributed by atoms with van der Waals surface area (Å²) in [6.45, 7) is 0. The maximum atomic E-state index is 13.9. The van der Waals surface area contributed by atoms with Crippen LogP contribution in [0.4, 0.5) is 5.82 Å². The van der Waals surface area contributed by atoms with E-state index in [0.29, 0.717) is 39.7 Å². The summed E-state index contributed by atoms with van der Waals surface area (Å²) in [6, 6.07) is 54.4. The minimum absolute atomic E-state index is 0.263. The molecule has 1 aliphatic rings. The zero-order valence-corrected chi connectivity index (χ0v) is 32.9. The highest BCUT2D eigenvalue weighted by molar-refractivity contribution is 7.21. The minimum atomic E-state index is -0.287. The van der Waals surface area contributed by atoms with Crippen LogP contribution in [-0.4, -0.2) is 32.6 Å². The first-order valence-corrected chi connectivity index (χ1v) is 20.6. The molecule has 0 aliphatic carbocycles. The van der Waals surface area contributed by atoms with Crippen molar-refractivity contribution in [3.63, 3.8) is 0 Å². The monoisotopic (exact) mass is 800 g/mol. The van der Waals surface area contributed by atoms with Gasteiger partial charge in [-0.15, -0.1) is 22.7 Å². The van der Waals surface area contributed by atoms with Crippen molar-refractivity contribution < 1.29 is 9.59 Å². The number of thiazole rings is 2. The van der Waals surface area contributed by atoms with Gasteiger partial charge in [0.1, 0.15) is 21.7 Å². The molecule has 2 amide bonds. The molecule has 0 radical (unpaired) electrons. The van der Waals surface area contributed by atoms with Crippen molar-refractivity contribution in [3.8, 4) is 21.7 Å². The van der Waals surface area contributed by atoms with E-state index in [4.69, 9.17) is 15.0 Å². The molecule has 0 atom stereocenters. The van der Waals surface area contributed by atoms with Gasteiger partial charge in [-0.2, -0.15) is 0 Å². The Morgan fingerprint density at radius 3 is 1.59 bits per heavy atom. The van der Waals surface area contributed by atoms with Gasteiger partial charge in [-0.25, -0.2) is 15.0 Å². The number of hydrogen-bond donors (Lipinski definition) is 3. The van der Waals surface area contributed by atoms with E-state index in [1.807, 2.05) is 133 Å². The Morgan fingerprint density at radius 1 is 0.508 bits per heavy atom. The van der Waals surface area contributed by atoms with Gasteiger partial charge in [0, 0.05) is 22.3 Å². The van der Waals surface area contributed by atoms with Gasteiger partial charge in [-0.05, 0) is 65.7 Å². The number of H-pyrrole nitrogens is 1. The largest absolute Gasteiger partial charge is 0.341 e. The third-order valence-electron chi connectivity index (χ3n) is 9.97. The molecule has 3 aromatic heterocycles. The Hall–Kier alpha value is -7.53. The molecule has 0 bridgehead atoms. The Labute approximate surface area is 347 Å². The highest BCUT2D eigenvalue weighted by atomic mass is 32.1. The second kappa shape index (κ2) is 15.4. The van der Waals surface area contributed by atoms with E-state index < -0.39 is 0 Å². The maximum absolute atomic E-state index is 13.9. The second-order valence-corrected chi connectivity index (χ2v) is 15.8. The Balaban J connectivity index is 1.23. The quantitative estimate of drug-likeness (QED) is 0.142.